The van der Waals surface area contributed by atoms with Crippen LogP contribution in [0.15, 0.2) is 35.7 Å². The molecule has 0 bridgehead atoms. The molecule has 0 aliphatic carbocycles. The van der Waals surface area contributed by atoms with Crippen molar-refractivity contribution in [2.75, 3.05) is 26.2 Å². The van der Waals surface area contributed by atoms with Crippen LogP contribution in [-0.4, -0.2) is 43.0 Å². The number of ether oxygens (including phenoxy) is 1. The maximum Gasteiger partial charge on any atom is 0.254 e. The van der Waals surface area contributed by atoms with Crippen molar-refractivity contribution in [2.24, 2.45) is 5.41 Å². The zero-order valence-corrected chi connectivity index (χ0v) is 20.7. The second-order valence-electron chi connectivity index (χ2n) is 9.74. The fourth-order valence-electron chi connectivity index (χ4n) is 4.95. The van der Waals surface area contributed by atoms with Crippen molar-refractivity contribution >= 4 is 23.2 Å². The fourth-order valence-corrected chi connectivity index (χ4v) is 5.85. The van der Waals surface area contributed by atoms with Gasteiger partial charge in [-0.15, -0.1) is 11.3 Å². The Hall–Kier alpha value is -2.34. The lowest BCUT2D eigenvalue weighted by Gasteiger charge is -2.41. The number of fused-ring (bicyclic) bond motifs is 1. The Balaban J connectivity index is 1.41. The Morgan fingerprint density at radius 3 is 2.67 bits per heavy atom. The van der Waals surface area contributed by atoms with E-state index >= 15 is 0 Å². The number of para-hydroxylation sites is 1. The van der Waals surface area contributed by atoms with Gasteiger partial charge in [-0.2, -0.15) is 0 Å². The average molecular weight is 469 g/mol. The van der Waals surface area contributed by atoms with Crippen LogP contribution < -0.4 is 10.1 Å². The normalized spacial score (nSPS) is 19.6. The maximum atomic E-state index is 13.3. The molecule has 4 rings (SSSR count). The standard InChI is InChI=1S/C27H36N2O3S/c1-20(2)24-18-22(19-33-24)25(30)29-15-12-27(13-16-29)11-6-5-9-21-8-3-4-10-23(21)32-17-7-14-28-26(27)31/h3-4,8,10,18-20H,5-7,9,11-17H2,1-2H3,(H,28,31). The molecule has 2 aliphatic heterocycles. The highest BCUT2D eigenvalue weighted by atomic mass is 32.1. The van der Waals surface area contributed by atoms with E-state index in [1.807, 2.05) is 28.5 Å². The zero-order valence-electron chi connectivity index (χ0n) is 19.9. The second-order valence-corrected chi connectivity index (χ2v) is 10.7. The van der Waals surface area contributed by atoms with Crippen LogP contribution in [0.1, 0.15) is 79.1 Å². The van der Waals surface area contributed by atoms with E-state index < -0.39 is 0 Å². The Bertz CT molecular complexity index is 960. The SMILES string of the molecule is CC(C)c1cc(C(=O)N2CCC3(CCCCc4ccccc4OCCCNC3=O)CC2)cs1. The quantitative estimate of drug-likeness (QED) is 0.641. The molecule has 0 unspecified atom stereocenters. The first-order chi connectivity index (χ1) is 16.0. The molecule has 33 heavy (non-hydrogen) atoms. The van der Waals surface area contributed by atoms with Crippen LogP contribution in [0, 0.1) is 5.41 Å². The summed E-state index contributed by atoms with van der Waals surface area (Å²) in [7, 11) is 0. The van der Waals surface area contributed by atoms with Gasteiger partial charge in [0.15, 0.2) is 0 Å². The summed E-state index contributed by atoms with van der Waals surface area (Å²) in [6.07, 6.45) is 6.13. The Morgan fingerprint density at radius 1 is 1.12 bits per heavy atom. The summed E-state index contributed by atoms with van der Waals surface area (Å²) in [6, 6.07) is 10.3. The first-order valence-corrected chi connectivity index (χ1v) is 13.2. The predicted molar refractivity (Wildman–Crippen MR) is 133 cm³/mol. The molecule has 3 heterocycles. The molecule has 2 aliphatic rings. The Kier molecular flexibility index (Phi) is 7.74. The number of benzene rings is 1. The van der Waals surface area contributed by atoms with Gasteiger partial charge in [0.2, 0.25) is 5.91 Å². The number of piperidine rings is 1. The highest BCUT2D eigenvalue weighted by Crippen LogP contribution is 2.38. The first-order valence-electron chi connectivity index (χ1n) is 12.4. The molecule has 1 aromatic carbocycles. The Labute approximate surface area is 201 Å². The van der Waals surface area contributed by atoms with Crippen molar-refractivity contribution in [3.05, 3.63) is 51.7 Å². The minimum absolute atomic E-state index is 0.104. The van der Waals surface area contributed by atoms with E-state index in [0.717, 1.165) is 56.3 Å². The van der Waals surface area contributed by atoms with Gasteiger partial charge in [0.05, 0.1) is 17.6 Å². The summed E-state index contributed by atoms with van der Waals surface area (Å²) in [5, 5.41) is 5.16. The van der Waals surface area contributed by atoms with Gasteiger partial charge in [0.1, 0.15) is 5.75 Å². The van der Waals surface area contributed by atoms with E-state index in [2.05, 4.69) is 31.3 Å². The van der Waals surface area contributed by atoms with Gasteiger partial charge in [-0.3, -0.25) is 9.59 Å². The van der Waals surface area contributed by atoms with Gasteiger partial charge >= 0.3 is 0 Å². The van der Waals surface area contributed by atoms with Crippen LogP contribution in [0.5, 0.6) is 5.75 Å². The van der Waals surface area contributed by atoms with E-state index in [9.17, 15) is 9.59 Å². The third-order valence-electron chi connectivity index (χ3n) is 7.11. The molecule has 0 atom stereocenters. The topological polar surface area (TPSA) is 58.6 Å². The fraction of sp³-hybridized carbons (Fsp3) is 0.556. The molecular weight excluding hydrogens is 432 g/mol. The first kappa shape index (κ1) is 23.8. The molecule has 2 amide bonds. The van der Waals surface area contributed by atoms with E-state index in [-0.39, 0.29) is 17.2 Å². The van der Waals surface area contributed by atoms with E-state index in [1.165, 1.54) is 10.4 Å². The summed E-state index contributed by atoms with van der Waals surface area (Å²) in [4.78, 5) is 29.5. The minimum atomic E-state index is -0.372. The average Bonchev–Trinajstić information content (AvgIpc) is 3.33. The maximum absolute atomic E-state index is 13.3. The van der Waals surface area contributed by atoms with Crippen molar-refractivity contribution in [3.63, 3.8) is 0 Å². The van der Waals surface area contributed by atoms with Crippen molar-refractivity contribution in [3.8, 4) is 5.75 Å². The molecule has 0 saturated carbocycles. The molecule has 1 N–H and O–H groups in total. The van der Waals surface area contributed by atoms with Crippen LogP contribution in [-0.2, 0) is 11.2 Å². The van der Waals surface area contributed by atoms with Gasteiger partial charge in [-0.1, -0.05) is 38.5 Å². The van der Waals surface area contributed by atoms with Crippen LogP contribution in [0.25, 0.3) is 0 Å². The molecule has 0 radical (unpaired) electrons. The van der Waals surface area contributed by atoms with Crippen molar-refractivity contribution in [2.45, 2.75) is 64.7 Å². The van der Waals surface area contributed by atoms with E-state index in [0.29, 0.717) is 32.2 Å². The number of nitrogens with one attached hydrogen (secondary N) is 1. The molecular formula is C27H36N2O3S. The monoisotopic (exact) mass is 468 g/mol. The number of carbonyl (C=O) groups excluding carboxylic acids is 2. The minimum Gasteiger partial charge on any atom is -0.493 e. The van der Waals surface area contributed by atoms with Crippen LogP contribution in [0.2, 0.25) is 0 Å². The molecule has 2 aromatic rings. The number of thiophene rings is 1. The molecule has 5 nitrogen and oxygen atoms in total. The van der Waals surface area contributed by atoms with Gasteiger partial charge in [0.25, 0.3) is 5.91 Å². The number of carbonyl (C=O) groups is 2. The predicted octanol–water partition coefficient (Wildman–Crippen LogP) is 5.41. The van der Waals surface area contributed by atoms with Crippen molar-refractivity contribution in [1.29, 1.82) is 0 Å². The second kappa shape index (κ2) is 10.7. The number of likely N-dealkylation sites (tertiary alicyclic amines) is 1. The lowest BCUT2D eigenvalue weighted by Crippen LogP contribution is -2.50. The van der Waals surface area contributed by atoms with Crippen LogP contribution in [0.3, 0.4) is 0 Å². The lowest BCUT2D eigenvalue weighted by atomic mass is 9.73. The highest BCUT2D eigenvalue weighted by molar-refractivity contribution is 7.10. The highest BCUT2D eigenvalue weighted by Gasteiger charge is 2.41. The zero-order chi connectivity index (χ0) is 23.3. The van der Waals surface area contributed by atoms with Gasteiger partial charge in [-0.25, -0.2) is 0 Å². The number of nitrogens with zero attached hydrogens (tertiary/aromatic N) is 1. The van der Waals surface area contributed by atoms with E-state index in [1.54, 1.807) is 11.3 Å². The summed E-state index contributed by atoms with van der Waals surface area (Å²) in [5.74, 6) is 1.66. The van der Waals surface area contributed by atoms with Crippen molar-refractivity contribution in [1.82, 2.24) is 10.2 Å². The van der Waals surface area contributed by atoms with Gasteiger partial charge in [0, 0.05) is 29.9 Å². The lowest BCUT2D eigenvalue weighted by molar-refractivity contribution is -0.134. The number of hydrogen-bond acceptors (Lipinski definition) is 4. The summed E-state index contributed by atoms with van der Waals surface area (Å²) in [5.41, 5.74) is 1.67. The third kappa shape index (κ3) is 5.60. The summed E-state index contributed by atoms with van der Waals surface area (Å²) >= 11 is 1.66. The molecule has 1 aromatic heterocycles. The molecule has 178 valence electrons. The third-order valence-corrected chi connectivity index (χ3v) is 8.35. The smallest absolute Gasteiger partial charge is 0.254 e. The molecule has 1 fully saturated rings. The summed E-state index contributed by atoms with van der Waals surface area (Å²) < 4.78 is 5.98. The molecule has 1 spiro atoms. The molecule has 1 saturated heterocycles. The van der Waals surface area contributed by atoms with Crippen LogP contribution >= 0.6 is 11.3 Å². The Morgan fingerprint density at radius 2 is 1.91 bits per heavy atom. The number of aryl methyl sites for hydroxylation is 1. The summed E-state index contributed by atoms with van der Waals surface area (Å²) in [6.45, 7) is 6.82. The number of hydrogen-bond donors (Lipinski definition) is 1. The van der Waals surface area contributed by atoms with Crippen molar-refractivity contribution < 1.29 is 14.3 Å². The molecule has 6 heteroatoms. The van der Waals surface area contributed by atoms with Gasteiger partial charge < -0.3 is 15.0 Å². The van der Waals surface area contributed by atoms with E-state index in [4.69, 9.17) is 4.74 Å². The van der Waals surface area contributed by atoms with Gasteiger partial charge in [-0.05, 0) is 62.1 Å². The number of rotatable bonds is 2. The number of amides is 2. The largest absolute Gasteiger partial charge is 0.493 e. The van der Waals surface area contributed by atoms with Crippen LogP contribution in [0.4, 0.5) is 0 Å².